The SMILES string of the molecule is CC(C)=CCC[C@@](C)(O)[C@H]1CCC(C)(C)O1. The maximum Gasteiger partial charge on any atom is 0.0883 e. The molecule has 0 aromatic heterocycles. The van der Waals surface area contributed by atoms with E-state index < -0.39 is 5.60 Å². The van der Waals surface area contributed by atoms with Crippen LogP contribution in [0.1, 0.15) is 60.3 Å². The molecule has 0 amide bonds. The molecular formula is C14H26O2. The number of rotatable bonds is 4. The van der Waals surface area contributed by atoms with Crippen LogP contribution in [0.3, 0.4) is 0 Å². The molecule has 2 heteroatoms. The van der Waals surface area contributed by atoms with Gasteiger partial charge in [0.05, 0.1) is 17.3 Å². The van der Waals surface area contributed by atoms with Crippen molar-refractivity contribution in [2.24, 2.45) is 0 Å². The molecule has 1 N–H and O–H groups in total. The van der Waals surface area contributed by atoms with Gasteiger partial charge in [-0.25, -0.2) is 0 Å². The fourth-order valence-corrected chi connectivity index (χ4v) is 2.23. The van der Waals surface area contributed by atoms with Gasteiger partial charge in [0.25, 0.3) is 0 Å². The molecule has 16 heavy (non-hydrogen) atoms. The zero-order valence-electron chi connectivity index (χ0n) is 11.3. The molecule has 2 nitrogen and oxygen atoms in total. The Morgan fingerprint density at radius 2 is 2.12 bits per heavy atom. The maximum atomic E-state index is 10.4. The molecule has 0 aromatic rings. The van der Waals surface area contributed by atoms with Gasteiger partial charge in [0.15, 0.2) is 0 Å². The van der Waals surface area contributed by atoms with E-state index in [1.54, 1.807) is 0 Å². The predicted molar refractivity (Wildman–Crippen MR) is 67.5 cm³/mol. The Morgan fingerprint density at radius 3 is 2.56 bits per heavy atom. The van der Waals surface area contributed by atoms with Gasteiger partial charge in [-0.3, -0.25) is 0 Å². The standard InChI is InChI=1S/C14H26O2/c1-11(2)7-6-9-14(5,15)12-8-10-13(3,4)16-12/h7,12,15H,6,8-10H2,1-5H3/t12-,14-/m1/s1. The van der Waals surface area contributed by atoms with Gasteiger partial charge in [0.1, 0.15) is 0 Å². The number of aliphatic hydroxyl groups is 1. The molecule has 0 radical (unpaired) electrons. The third-order valence-corrected chi connectivity index (χ3v) is 3.37. The highest BCUT2D eigenvalue weighted by Gasteiger charge is 2.41. The molecule has 1 aliphatic rings. The van der Waals surface area contributed by atoms with Crippen molar-refractivity contribution in [2.75, 3.05) is 0 Å². The number of ether oxygens (including phenoxy) is 1. The lowest BCUT2D eigenvalue weighted by Gasteiger charge is -2.31. The average molecular weight is 226 g/mol. The molecule has 2 atom stereocenters. The van der Waals surface area contributed by atoms with E-state index in [9.17, 15) is 5.11 Å². The predicted octanol–water partition coefficient (Wildman–Crippen LogP) is 3.44. The molecule has 94 valence electrons. The summed E-state index contributed by atoms with van der Waals surface area (Å²) in [5.74, 6) is 0. The van der Waals surface area contributed by atoms with Gasteiger partial charge in [-0.15, -0.1) is 0 Å². The van der Waals surface area contributed by atoms with Gasteiger partial charge in [-0.05, 0) is 60.3 Å². The molecule has 1 rings (SSSR count). The van der Waals surface area contributed by atoms with Crippen LogP contribution in [0.2, 0.25) is 0 Å². The minimum absolute atomic E-state index is 0.00642. The summed E-state index contributed by atoms with van der Waals surface area (Å²) in [6.07, 6.45) is 5.88. The first-order valence-electron chi connectivity index (χ1n) is 6.26. The Hall–Kier alpha value is -0.340. The van der Waals surface area contributed by atoms with Crippen LogP contribution in [0.25, 0.3) is 0 Å². The third kappa shape index (κ3) is 3.91. The van der Waals surface area contributed by atoms with Crippen LogP contribution >= 0.6 is 0 Å². The number of allylic oxidation sites excluding steroid dienone is 2. The quantitative estimate of drug-likeness (QED) is 0.744. The van der Waals surface area contributed by atoms with E-state index in [0.717, 1.165) is 25.7 Å². The summed E-state index contributed by atoms with van der Waals surface area (Å²) in [5, 5.41) is 10.4. The van der Waals surface area contributed by atoms with E-state index in [1.165, 1.54) is 5.57 Å². The lowest BCUT2D eigenvalue weighted by Crippen LogP contribution is -2.40. The first kappa shape index (κ1) is 13.7. The van der Waals surface area contributed by atoms with E-state index >= 15 is 0 Å². The monoisotopic (exact) mass is 226 g/mol. The summed E-state index contributed by atoms with van der Waals surface area (Å²) in [5.41, 5.74) is 0.550. The molecule has 0 aliphatic carbocycles. The minimum atomic E-state index is -0.695. The Kier molecular flexibility index (Phi) is 4.19. The topological polar surface area (TPSA) is 29.5 Å². The molecule has 1 heterocycles. The highest BCUT2D eigenvalue weighted by Crippen LogP contribution is 2.36. The second kappa shape index (κ2) is 4.89. The van der Waals surface area contributed by atoms with E-state index in [0.29, 0.717) is 0 Å². The molecule has 0 unspecified atom stereocenters. The van der Waals surface area contributed by atoms with Crippen molar-refractivity contribution in [2.45, 2.75) is 77.6 Å². The molecule has 1 fully saturated rings. The summed E-state index contributed by atoms with van der Waals surface area (Å²) >= 11 is 0. The second-order valence-corrected chi connectivity index (χ2v) is 6.08. The largest absolute Gasteiger partial charge is 0.387 e. The van der Waals surface area contributed by atoms with Crippen molar-refractivity contribution in [3.05, 3.63) is 11.6 Å². The Morgan fingerprint density at radius 1 is 1.50 bits per heavy atom. The fraction of sp³-hybridized carbons (Fsp3) is 0.857. The smallest absolute Gasteiger partial charge is 0.0883 e. The lowest BCUT2D eigenvalue weighted by molar-refractivity contribution is -0.120. The molecule has 0 saturated carbocycles. The molecule has 1 saturated heterocycles. The summed E-state index contributed by atoms with van der Waals surface area (Å²) in [4.78, 5) is 0. The van der Waals surface area contributed by atoms with Gasteiger partial charge in [-0.1, -0.05) is 11.6 Å². The van der Waals surface area contributed by atoms with E-state index in [4.69, 9.17) is 4.74 Å². The highest BCUT2D eigenvalue weighted by molar-refractivity contribution is 4.97. The van der Waals surface area contributed by atoms with E-state index in [2.05, 4.69) is 33.8 Å². The van der Waals surface area contributed by atoms with Crippen molar-refractivity contribution >= 4 is 0 Å². The first-order valence-corrected chi connectivity index (χ1v) is 6.26. The summed E-state index contributed by atoms with van der Waals surface area (Å²) in [6.45, 7) is 10.3. The van der Waals surface area contributed by atoms with Crippen molar-refractivity contribution in [3.8, 4) is 0 Å². The molecular weight excluding hydrogens is 200 g/mol. The lowest BCUT2D eigenvalue weighted by atomic mass is 9.91. The van der Waals surface area contributed by atoms with Crippen LogP contribution in [-0.4, -0.2) is 22.4 Å². The summed E-state index contributed by atoms with van der Waals surface area (Å²) in [6, 6.07) is 0. The molecule has 0 spiro atoms. The maximum absolute atomic E-state index is 10.4. The third-order valence-electron chi connectivity index (χ3n) is 3.37. The molecule has 0 aromatic carbocycles. The zero-order chi connectivity index (χ0) is 12.4. The summed E-state index contributed by atoms with van der Waals surface area (Å²) < 4.78 is 5.90. The van der Waals surface area contributed by atoms with Crippen LogP contribution in [0.5, 0.6) is 0 Å². The van der Waals surface area contributed by atoms with Crippen molar-refractivity contribution in [3.63, 3.8) is 0 Å². The van der Waals surface area contributed by atoms with Gasteiger partial charge in [0.2, 0.25) is 0 Å². The average Bonchev–Trinajstić information content (AvgIpc) is 2.45. The van der Waals surface area contributed by atoms with Gasteiger partial charge < -0.3 is 9.84 Å². The van der Waals surface area contributed by atoms with Crippen molar-refractivity contribution < 1.29 is 9.84 Å². The minimum Gasteiger partial charge on any atom is -0.387 e. The fourth-order valence-electron chi connectivity index (χ4n) is 2.23. The second-order valence-electron chi connectivity index (χ2n) is 6.08. The first-order chi connectivity index (χ1) is 7.23. The van der Waals surface area contributed by atoms with E-state index in [1.807, 2.05) is 6.92 Å². The van der Waals surface area contributed by atoms with Crippen LogP contribution in [0, 0.1) is 0 Å². The molecule has 1 aliphatic heterocycles. The Balaban J connectivity index is 2.48. The normalized spacial score (nSPS) is 27.5. The highest BCUT2D eigenvalue weighted by atomic mass is 16.5. The van der Waals surface area contributed by atoms with Crippen LogP contribution in [0.15, 0.2) is 11.6 Å². The van der Waals surface area contributed by atoms with Crippen molar-refractivity contribution in [1.29, 1.82) is 0 Å². The Labute approximate surface area is 99.7 Å². The summed E-state index contributed by atoms with van der Waals surface area (Å²) in [7, 11) is 0. The van der Waals surface area contributed by atoms with Crippen LogP contribution in [0.4, 0.5) is 0 Å². The number of hydrogen-bond acceptors (Lipinski definition) is 2. The Bertz CT molecular complexity index is 260. The van der Waals surface area contributed by atoms with Gasteiger partial charge in [0, 0.05) is 0 Å². The molecule has 0 bridgehead atoms. The number of hydrogen-bond donors (Lipinski definition) is 1. The van der Waals surface area contributed by atoms with Crippen LogP contribution in [-0.2, 0) is 4.74 Å². The van der Waals surface area contributed by atoms with Crippen molar-refractivity contribution in [1.82, 2.24) is 0 Å². The van der Waals surface area contributed by atoms with E-state index in [-0.39, 0.29) is 11.7 Å². The van der Waals surface area contributed by atoms with Crippen LogP contribution < -0.4 is 0 Å². The van der Waals surface area contributed by atoms with Gasteiger partial charge in [-0.2, -0.15) is 0 Å². The zero-order valence-corrected chi connectivity index (χ0v) is 11.3. The van der Waals surface area contributed by atoms with Gasteiger partial charge >= 0.3 is 0 Å².